The van der Waals surface area contributed by atoms with Crippen LogP contribution >= 0.6 is 0 Å². The first-order valence-corrected chi connectivity index (χ1v) is 10.8. The molecule has 0 saturated carbocycles. The second kappa shape index (κ2) is 11.1. The van der Waals surface area contributed by atoms with Crippen molar-refractivity contribution in [3.8, 4) is 11.5 Å². The normalized spacial score (nSPS) is 17.1. The van der Waals surface area contributed by atoms with Crippen molar-refractivity contribution in [1.82, 2.24) is 0 Å². The van der Waals surface area contributed by atoms with Gasteiger partial charge in [0.15, 0.2) is 0 Å². The van der Waals surface area contributed by atoms with Crippen LogP contribution in [0.3, 0.4) is 0 Å². The molecule has 0 spiro atoms. The lowest BCUT2D eigenvalue weighted by Crippen LogP contribution is -2.23. The van der Waals surface area contributed by atoms with E-state index in [1.165, 1.54) is 23.1 Å². The third-order valence-electron chi connectivity index (χ3n) is 5.46. The van der Waals surface area contributed by atoms with Crippen LogP contribution in [0.4, 0.5) is 0 Å². The minimum absolute atomic E-state index is 0.289. The zero-order valence-electron chi connectivity index (χ0n) is 18.5. The minimum atomic E-state index is 0.289. The van der Waals surface area contributed by atoms with Crippen molar-refractivity contribution in [2.45, 2.75) is 92.1 Å². The number of ether oxygens (including phenoxy) is 1. The Morgan fingerprint density at radius 3 is 2.32 bits per heavy atom. The van der Waals surface area contributed by atoms with E-state index >= 15 is 0 Å². The third kappa shape index (κ3) is 7.58. The molecule has 1 aliphatic rings. The van der Waals surface area contributed by atoms with Crippen LogP contribution in [0.2, 0.25) is 0 Å². The molecule has 1 unspecified atom stereocenters. The van der Waals surface area contributed by atoms with E-state index < -0.39 is 0 Å². The maximum atomic E-state index is 9.74. The summed E-state index contributed by atoms with van der Waals surface area (Å²) in [6.07, 6.45) is 16.2. The molecule has 1 aromatic rings. The highest BCUT2D eigenvalue weighted by Gasteiger charge is 2.21. The van der Waals surface area contributed by atoms with E-state index in [9.17, 15) is 5.11 Å². The number of aryl methyl sites for hydroxylation is 2. The highest BCUT2D eigenvalue weighted by Crippen LogP contribution is 2.35. The van der Waals surface area contributed by atoms with E-state index in [0.29, 0.717) is 5.75 Å². The molecule has 2 rings (SSSR count). The number of phenols is 1. The molecule has 154 valence electrons. The molecule has 2 nitrogen and oxygen atoms in total. The Hall–Kier alpha value is -1.96. The van der Waals surface area contributed by atoms with Gasteiger partial charge < -0.3 is 9.84 Å². The Balaban J connectivity index is 1.72. The fraction of sp³-hybridized carbons (Fsp3) is 0.538. The molecule has 0 aromatic heterocycles. The summed E-state index contributed by atoms with van der Waals surface area (Å²) in [5, 5.41) is 9.74. The van der Waals surface area contributed by atoms with Gasteiger partial charge in [-0.15, -0.1) is 0 Å². The van der Waals surface area contributed by atoms with Crippen molar-refractivity contribution in [3.05, 3.63) is 58.2 Å². The second-order valence-corrected chi connectivity index (χ2v) is 8.57. The average molecular weight is 383 g/mol. The summed E-state index contributed by atoms with van der Waals surface area (Å²) in [6.45, 7) is 10.8. The van der Waals surface area contributed by atoms with Crippen molar-refractivity contribution < 1.29 is 9.84 Å². The van der Waals surface area contributed by atoms with Crippen molar-refractivity contribution in [1.29, 1.82) is 0 Å². The SMILES string of the molecule is CC(C)=CCC/C(C)=C/CC/C(C)=C/CCC1CCc2cc(O)cc(C)c2O1. The number of hydrogen-bond acceptors (Lipinski definition) is 2. The van der Waals surface area contributed by atoms with Crippen LogP contribution in [0.1, 0.15) is 83.8 Å². The summed E-state index contributed by atoms with van der Waals surface area (Å²) in [5.74, 6) is 1.33. The van der Waals surface area contributed by atoms with Crippen LogP contribution in [0, 0.1) is 6.92 Å². The van der Waals surface area contributed by atoms with Gasteiger partial charge in [-0.3, -0.25) is 0 Å². The van der Waals surface area contributed by atoms with Crippen LogP contribution in [-0.4, -0.2) is 11.2 Å². The number of allylic oxidation sites excluding steroid dienone is 6. The third-order valence-corrected chi connectivity index (χ3v) is 5.46. The van der Waals surface area contributed by atoms with Gasteiger partial charge in [-0.05, 0) is 109 Å². The number of benzene rings is 1. The van der Waals surface area contributed by atoms with Gasteiger partial charge in [-0.2, -0.15) is 0 Å². The first kappa shape index (κ1) is 22.3. The van der Waals surface area contributed by atoms with Crippen LogP contribution in [0.15, 0.2) is 47.1 Å². The van der Waals surface area contributed by atoms with Gasteiger partial charge in [0.2, 0.25) is 0 Å². The van der Waals surface area contributed by atoms with Crippen molar-refractivity contribution in [3.63, 3.8) is 0 Å². The maximum absolute atomic E-state index is 9.74. The largest absolute Gasteiger partial charge is 0.508 e. The van der Waals surface area contributed by atoms with Crippen LogP contribution in [-0.2, 0) is 6.42 Å². The molecular formula is C26H38O2. The lowest BCUT2D eigenvalue weighted by molar-refractivity contribution is 0.163. The van der Waals surface area contributed by atoms with E-state index in [1.807, 2.05) is 13.0 Å². The molecule has 0 fully saturated rings. The van der Waals surface area contributed by atoms with Crippen molar-refractivity contribution >= 4 is 0 Å². The van der Waals surface area contributed by atoms with Gasteiger partial charge in [0.1, 0.15) is 11.5 Å². The Morgan fingerprint density at radius 2 is 1.64 bits per heavy atom. The van der Waals surface area contributed by atoms with Gasteiger partial charge in [0, 0.05) is 0 Å². The van der Waals surface area contributed by atoms with E-state index in [4.69, 9.17) is 4.74 Å². The molecule has 0 aliphatic carbocycles. The topological polar surface area (TPSA) is 29.5 Å². The molecule has 0 radical (unpaired) electrons. The Morgan fingerprint density at radius 1 is 1.00 bits per heavy atom. The number of phenolic OH excluding ortho intramolecular Hbond substituents is 1. The zero-order chi connectivity index (χ0) is 20.5. The first-order chi connectivity index (χ1) is 13.3. The van der Waals surface area contributed by atoms with E-state index in [2.05, 4.69) is 45.9 Å². The van der Waals surface area contributed by atoms with Crippen LogP contribution < -0.4 is 4.74 Å². The Labute approximate surface area is 172 Å². The summed E-state index contributed by atoms with van der Waals surface area (Å²) in [5.41, 5.74) is 6.57. The van der Waals surface area contributed by atoms with E-state index in [-0.39, 0.29) is 6.10 Å². The molecule has 0 saturated heterocycles. The molecule has 2 heteroatoms. The van der Waals surface area contributed by atoms with Crippen LogP contribution in [0.25, 0.3) is 0 Å². The fourth-order valence-corrected chi connectivity index (χ4v) is 3.78. The summed E-state index contributed by atoms with van der Waals surface area (Å²) in [7, 11) is 0. The lowest BCUT2D eigenvalue weighted by atomic mass is 9.96. The number of rotatable bonds is 9. The molecule has 28 heavy (non-hydrogen) atoms. The summed E-state index contributed by atoms with van der Waals surface area (Å²) in [6, 6.07) is 3.64. The van der Waals surface area contributed by atoms with Crippen molar-refractivity contribution in [2.24, 2.45) is 0 Å². The maximum Gasteiger partial charge on any atom is 0.126 e. The molecule has 0 bridgehead atoms. The molecule has 1 aromatic carbocycles. The van der Waals surface area contributed by atoms with Gasteiger partial charge in [-0.1, -0.05) is 34.9 Å². The summed E-state index contributed by atoms with van der Waals surface area (Å²) in [4.78, 5) is 0. The molecule has 1 aliphatic heterocycles. The van der Waals surface area contributed by atoms with Crippen molar-refractivity contribution in [2.75, 3.05) is 0 Å². The fourth-order valence-electron chi connectivity index (χ4n) is 3.78. The van der Waals surface area contributed by atoms with E-state index in [1.54, 1.807) is 6.07 Å². The van der Waals surface area contributed by atoms with Gasteiger partial charge in [0.05, 0.1) is 6.10 Å². The highest BCUT2D eigenvalue weighted by molar-refractivity contribution is 5.47. The van der Waals surface area contributed by atoms with Gasteiger partial charge >= 0.3 is 0 Å². The summed E-state index contributed by atoms with van der Waals surface area (Å²) < 4.78 is 6.21. The monoisotopic (exact) mass is 382 g/mol. The van der Waals surface area contributed by atoms with Gasteiger partial charge in [0.25, 0.3) is 0 Å². The number of fused-ring (bicyclic) bond motifs is 1. The number of hydrogen-bond donors (Lipinski definition) is 1. The predicted molar refractivity (Wildman–Crippen MR) is 120 cm³/mol. The predicted octanol–water partition coefficient (Wildman–Crippen LogP) is 7.59. The highest BCUT2D eigenvalue weighted by atomic mass is 16.5. The second-order valence-electron chi connectivity index (χ2n) is 8.57. The zero-order valence-corrected chi connectivity index (χ0v) is 18.5. The molecule has 1 N–H and O–H groups in total. The molecule has 1 heterocycles. The van der Waals surface area contributed by atoms with E-state index in [0.717, 1.165) is 61.8 Å². The van der Waals surface area contributed by atoms with Gasteiger partial charge in [-0.25, -0.2) is 0 Å². The Bertz CT molecular complexity index is 733. The lowest BCUT2D eigenvalue weighted by Gasteiger charge is -2.27. The molecular weight excluding hydrogens is 344 g/mol. The molecule has 1 atom stereocenters. The summed E-state index contributed by atoms with van der Waals surface area (Å²) >= 11 is 0. The van der Waals surface area contributed by atoms with Crippen LogP contribution in [0.5, 0.6) is 11.5 Å². The molecule has 0 amide bonds. The smallest absolute Gasteiger partial charge is 0.126 e. The average Bonchev–Trinajstić information content (AvgIpc) is 2.61. The quantitative estimate of drug-likeness (QED) is 0.446. The standard InChI is InChI=1S/C26H38O2/c1-19(2)9-6-10-20(3)11-7-12-21(4)13-8-14-25-16-15-23-18-24(27)17-22(5)26(23)28-25/h9,11,13,17-18,25,27H,6-8,10,12,14-16H2,1-5H3/b20-11+,21-13+. The first-order valence-electron chi connectivity index (χ1n) is 10.8. The number of aromatic hydroxyl groups is 1. The minimum Gasteiger partial charge on any atom is -0.508 e. The Kier molecular flexibility index (Phi) is 8.89.